The Morgan fingerprint density at radius 2 is 2.00 bits per heavy atom. The van der Waals surface area contributed by atoms with Gasteiger partial charge in [-0.25, -0.2) is 4.79 Å². The number of nitrogens with zero attached hydrogens (tertiary/aromatic N) is 2. The standard InChI is InChI=1S/C18H19N3O3/c22-17(16-11-14(18(23)24)5-7-19-16)20-8-10-21-9-6-13-3-1-2-4-15(13)12-21/h1-5,7,11H,6,8-10,12H2,(H,20,22)(H,23,24). The van der Waals surface area contributed by atoms with E-state index < -0.39 is 5.97 Å². The third kappa shape index (κ3) is 3.78. The Morgan fingerprint density at radius 1 is 1.21 bits per heavy atom. The second kappa shape index (κ2) is 7.23. The van der Waals surface area contributed by atoms with E-state index >= 15 is 0 Å². The minimum Gasteiger partial charge on any atom is -0.478 e. The van der Waals surface area contributed by atoms with Gasteiger partial charge in [-0.05, 0) is 29.7 Å². The van der Waals surface area contributed by atoms with Crippen molar-refractivity contribution in [3.8, 4) is 0 Å². The van der Waals surface area contributed by atoms with Gasteiger partial charge >= 0.3 is 5.97 Å². The average Bonchev–Trinajstić information content (AvgIpc) is 2.61. The molecular formula is C18H19N3O3. The number of nitrogens with one attached hydrogen (secondary N) is 1. The molecule has 1 aliphatic heterocycles. The Balaban J connectivity index is 1.51. The van der Waals surface area contributed by atoms with Crippen molar-refractivity contribution in [3.63, 3.8) is 0 Å². The lowest BCUT2D eigenvalue weighted by Gasteiger charge is -2.28. The van der Waals surface area contributed by atoms with Crippen LogP contribution < -0.4 is 5.32 Å². The molecule has 124 valence electrons. The van der Waals surface area contributed by atoms with E-state index in [1.165, 1.54) is 29.5 Å². The Kier molecular flexibility index (Phi) is 4.86. The molecule has 24 heavy (non-hydrogen) atoms. The molecule has 0 saturated heterocycles. The van der Waals surface area contributed by atoms with E-state index in [9.17, 15) is 9.59 Å². The second-order valence-electron chi connectivity index (χ2n) is 5.79. The monoisotopic (exact) mass is 325 g/mol. The van der Waals surface area contributed by atoms with Crippen molar-refractivity contribution in [2.24, 2.45) is 0 Å². The van der Waals surface area contributed by atoms with Crippen LogP contribution in [0.2, 0.25) is 0 Å². The number of pyridine rings is 1. The Labute approximate surface area is 140 Å². The van der Waals surface area contributed by atoms with Crippen molar-refractivity contribution in [2.45, 2.75) is 13.0 Å². The van der Waals surface area contributed by atoms with Crippen LogP contribution in [0.15, 0.2) is 42.6 Å². The minimum absolute atomic E-state index is 0.0581. The number of hydrogen-bond acceptors (Lipinski definition) is 4. The fourth-order valence-corrected chi connectivity index (χ4v) is 2.85. The third-order valence-corrected chi connectivity index (χ3v) is 4.16. The van der Waals surface area contributed by atoms with E-state index in [1.54, 1.807) is 0 Å². The highest BCUT2D eigenvalue weighted by atomic mass is 16.4. The predicted molar refractivity (Wildman–Crippen MR) is 89.0 cm³/mol. The molecule has 0 aliphatic carbocycles. The molecule has 1 aliphatic rings. The zero-order valence-electron chi connectivity index (χ0n) is 13.2. The molecule has 1 aromatic carbocycles. The quantitative estimate of drug-likeness (QED) is 0.872. The molecule has 6 heteroatoms. The fraction of sp³-hybridized carbons (Fsp3) is 0.278. The van der Waals surface area contributed by atoms with Crippen molar-refractivity contribution in [1.82, 2.24) is 15.2 Å². The first-order valence-electron chi connectivity index (χ1n) is 7.90. The summed E-state index contributed by atoms with van der Waals surface area (Å²) in [6.07, 6.45) is 2.35. The van der Waals surface area contributed by atoms with Gasteiger partial charge in [0.1, 0.15) is 5.69 Å². The van der Waals surface area contributed by atoms with Gasteiger partial charge in [0.25, 0.3) is 5.91 Å². The summed E-state index contributed by atoms with van der Waals surface area (Å²) in [4.78, 5) is 29.2. The fourth-order valence-electron chi connectivity index (χ4n) is 2.85. The molecule has 1 aromatic heterocycles. The summed E-state index contributed by atoms with van der Waals surface area (Å²) in [5.74, 6) is -1.42. The van der Waals surface area contributed by atoms with Gasteiger partial charge in [0, 0.05) is 32.4 Å². The SMILES string of the molecule is O=C(O)c1ccnc(C(=O)NCCN2CCc3ccccc3C2)c1. The van der Waals surface area contributed by atoms with Crippen LogP contribution in [-0.2, 0) is 13.0 Å². The Bertz CT molecular complexity index is 761. The molecule has 0 radical (unpaired) electrons. The number of aromatic nitrogens is 1. The lowest BCUT2D eigenvalue weighted by atomic mass is 10.00. The smallest absolute Gasteiger partial charge is 0.335 e. The van der Waals surface area contributed by atoms with Crippen molar-refractivity contribution in [1.29, 1.82) is 0 Å². The summed E-state index contributed by atoms with van der Waals surface area (Å²) in [5, 5.41) is 11.8. The van der Waals surface area contributed by atoms with Crippen LogP contribution in [0.5, 0.6) is 0 Å². The molecule has 6 nitrogen and oxygen atoms in total. The number of aromatic carboxylic acids is 1. The number of carboxylic acid groups (broad SMARTS) is 1. The highest BCUT2D eigenvalue weighted by Gasteiger charge is 2.16. The molecule has 2 N–H and O–H groups in total. The van der Waals surface area contributed by atoms with Gasteiger partial charge in [-0.15, -0.1) is 0 Å². The van der Waals surface area contributed by atoms with Crippen LogP contribution in [0.25, 0.3) is 0 Å². The Hall–Kier alpha value is -2.73. The summed E-state index contributed by atoms with van der Waals surface area (Å²) in [6.45, 7) is 3.11. The summed E-state index contributed by atoms with van der Waals surface area (Å²) in [6, 6.07) is 11.1. The van der Waals surface area contributed by atoms with Crippen molar-refractivity contribution < 1.29 is 14.7 Å². The zero-order valence-corrected chi connectivity index (χ0v) is 13.2. The van der Waals surface area contributed by atoms with Crippen LogP contribution in [0.4, 0.5) is 0 Å². The van der Waals surface area contributed by atoms with E-state index in [4.69, 9.17) is 5.11 Å². The number of carbonyl (C=O) groups is 2. The van der Waals surface area contributed by atoms with E-state index in [-0.39, 0.29) is 17.2 Å². The van der Waals surface area contributed by atoms with Crippen LogP contribution >= 0.6 is 0 Å². The maximum absolute atomic E-state index is 12.1. The van der Waals surface area contributed by atoms with Crippen molar-refractivity contribution in [3.05, 3.63) is 65.0 Å². The van der Waals surface area contributed by atoms with Gasteiger partial charge in [0.05, 0.1) is 5.56 Å². The summed E-state index contributed by atoms with van der Waals surface area (Å²) >= 11 is 0. The summed E-state index contributed by atoms with van der Waals surface area (Å²) in [7, 11) is 0. The normalized spacial score (nSPS) is 14.0. The molecule has 0 spiro atoms. The predicted octanol–water partition coefficient (Wildman–Crippen LogP) is 1.57. The van der Waals surface area contributed by atoms with Crippen molar-refractivity contribution in [2.75, 3.05) is 19.6 Å². The van der Waals surface area contributed by atoms with Gasteiger partial charge < -0.3 is 10.4 Å². The van der Waals surface area contributed by atoms with Crippen LogP contribution in [0, 0.1) is 0 Å². The first kappa shape index (κ1) is 16.1. The van der Waals surface area contributed by atoms with E-state index in [2.05, 4.69) is 33.4 Å². The zero-order chi connectivity index (χ0) is 16.9. The van der Waals surface area contributed by atoms with Crippen LogP contribution in [0.1, 0.15) is 32.0 Å². The number of hydrogen-bond donors (Lipinski definition) is 2. The average molecular weight is 325 g/mol. The molecule has 2 aromatic rings. The highest BCUT2D eigenvalue weighted by molar-refractivity contribution is 5.95. The molecular weight excluding hydrogens is 306 g/mol. The minimum atomic E-state index is -1.07. The molecule has 0 bridgehead atoms. The summed E-state index contributed by atoms with van der Waals surface area (Å²) in [5.41, 5.74) is 2.92. The molecule has 0 unspecified atom stereocenters. The van der Waals surface area contributed by atoms with Crippen LogP contribution in [-0.4, -0.2) is 46.5 Å². The maximum Gasteiger partial charge on any atom is 0.335 e. The van der Waals surface area contributed by atoms with Gasteiger partial charge in [-0.1, -0.05) is 24.3 Å². The molecule has 1 amide bonds. The first-order valence-corrected chi connectivity index (χ1v) is 7.90. The van der Waals surface area contributed by atoms with Gasteiger partial charge in [-0.2, -0.15) is 0 Å². The van der Waals surface area contributed by atoms with Gasteiger partial charge in [0.15, 0.2) is 0 Å². The lowest BCUT2D eigenvalue weighted by Crippen LogP contribution is -2.38. The molecule has 2 heterocycles. The Morgan fingerprint density at radius 3 is 2.79 bits per heavy atom. The molecule has 3 rings (SSSR count). The van der Waals surface area contributed by atoms with E-state index in [1.807, 2.05) is 6.07 Å². The number of amides is 1. The summed E-state index contributed by atoms with van der Waals surface area (Å²) < 4.78 is 0. The second-order valence-corrected chi connectivity index (χ2v) is 5.79. The number of benzene rings is 1. The molecule has 0 fully saturated rings. The number of rotatable bonds is 5. The number of carboxylic acids is 1. The molecule has 0 saturated carbocycles. The van der Waals surface area contributed by atoms with E-state index in [0.29, 0.717) is 6.54 Å². The first-order chi connectivity index (χ1) is 11.6. The van der Waals surface area contributed by atoms with Crippen LogP contribution in [0.3, 0.4) is 0 Å². The lowest BCUT2D eigenvalue weighted by molar-refractivity contribution is 0.0696. The van der Waals surface area contributed by atoms with Gasteiger partial charge in [-0.3, -0.25) is 14.7 Å². The van der Waals surface area contributed by atoms with Crippen molar-refractivity contribution >= 4 is 11.9 Å². The highest BCUT2D eigenvalue weighted by Crippen LogP contribution is 2.17. The van der Waals surface area contributed by atoms with Gasteiger partial charge in [0.2, 0.25) is 0 Å². The molecule has 0 atom stereocenters. The number of fused-ring (bicyclic) bond motifs is 1. The van der Waals surface area contributed by atoms with E-state index in [0.717, 1.165) is 26.1 Å². The topological polar surface area (TPSA) is 82.5 Å². The third-order valence-electron chi connectivity index (χ3n) is 4.16. The maximum atomic E-state index is 12.1. The number of carbonyl (C=O) groups excluding carboxylic acids is 1. The largest absolute Gasteiger partial charge is 0.478 e.